The second kappa shape index (κ2) is 6.78. The third kappa shape index (κ3) is 5.34. The summed E-state index contributed by atoms with van der Waals surface area (Å²) in [5.41, 5.74) is 0.665. The molecule has 0 amide bonds. The van der Waals surface area contributed by atoms with Crippen LogP contribution in [0.1, 0.15) is 37.9 Å². The Bertz CT molecular complexity index is 399. The lowest BCUT2D eigenvalue weighted by Crippen LogP contribution is -2.28. The Labute approximate surface area is 102 Å². The Hall–Kier alpha value is -0.850. The number of aliphatic hydroxyl groups excluding tert-OH is 1. The van der Waals surface area contributed by atoms with Crippen molar-refractivity contribution in [2.45, 2.75) is 32.3 Å². The molecule has 1 aromatic heterocycles. The fourth-order valence-corrected chi connectivity index (χ4v) is 2.63. The molecule has 5 nitrogen and oxygen atoms in total. The maximum absolute atomic E-state index is 11.4. The summed E-state index contributed by atoms with van der Waals surface area (Å²) in [5, 5.41) is 9.69. The van der Waals surface area contributed by atoms with Crippen molar-refractivity contribution in [3.05, 3.63) is 24.2 Å². The topological polar surface area (TPSA) is 79.5 Å². The molecule has 0 radical (unpaired) electrons. The molecule has 6 heteroatoms. The number of rotatable bonds is 8. The highest BCUT2D eigenvalue weighted by Crippen LogP contribution is 2.15. The van der Waals surface area contributed by atoms with Gasteiger partial charge in [-0.1, -0.05) is 13.3 Å². The predicted octanol–water partition coefficient (Wildman–Crippen LogP) is 1.42. The minimum atomic E-state index is -3.19. The zero-order valence-corrected chi connectivity index (χ0v) is 10.7. The van der Waals surface area contributed by atoms with E-state index in [1.54, 1.807) is 6.07 Å². The molecule has 1 heterocycles. The van der Waals surface area contributed by atoms with Crippen LogP contribution in [-0.4, -0.2) is 25.8 Å². The summed E-state index contributed by atoms with van der Waals surface area (Å²) in [6, 6.07) is 1.66. The second-order valence-corrected chi connectivity index (χ2v) is 5.85. The zero-order chi connectivity index (χ0) is 12.7. The third-order valence-corrected chi connectivity index (χ3v) is 3.90. The smallest absolute Gasteiger partial charge is 0.211 e. The summed E-state index contributed by atoms with van der Waals surface area (Å²) < 4.78 is 30.2. The van der Waals surface area contributed by atoms with Gasteiger partial charge in [0, 0.05) is 12.1 Å². The van der Waals surface area contributed by atoms with Crippen LogP contribution in [0, 0.1) is 0 Å². The highest BCUT2D eigenvalue weighted by atomic mass is 32.2. The molecular weight excluding hydrogens is 242 g/mol. The van der Waals surface area contributed by atoms with Crippen molar-refractivity contribution in [1.82, 2.24) is 4.72 Å². The summed E-state index contributed by atoms with van der Waals surface area (Å²) in [7, 11) is -3.19. The van der Waals surface area contributed by atoms with Crippen LogP contribution in [0.4, 0.5) is 0 Å². The standard InChI is InChI=1S/C11H19NO4S/c1-2-3-8-17(14,15)12-6-4-11(13)10-5-7-16-9-10/h5,7,9,11-13H,2-4,6,8H2,1H3. The number of sulfonamides is 1. The van der Waals surface area contributed by atoms with Crippen LogP contribution >= 0.6 is 0 Å². The summed E-state index contributed by atoms with van der Waals surface area (Å²) >= 11 is 0. The van der Waals surface area contributed by atoms with E-state index in [9.17, 15) is 13.5 Å². The van der Waals surface area contributed by atoms with Gasteiger partial charge in [0.05, 0.1) is 24.4 Å². The minimum absolute atomic E-state index is 0.144. The summed E-state index contributed by atoms with van der Waals surface area (Å²) in [5.74, 6) is 0.144. The monoisotopic (exact) mass is 261 g/mol. The SMILES string of the molecule is CCCCS(=O)(=O)NCCC(O)c1ccoc1. The van der Waals surface area contributed by atoms with Crippen molar-refractivity contribution in [3.8, 4) is 0 Å². The van der Waals surface area contributed by atoms with Crippen molar-refractivity contribution in [1.29, 1.82) is 0 Å². The van der Waals surface area contributed by atoms with Gasteiger partial charge in [-0.25, -0.2) is 13.1 Å². The average molecular weight is 261 g/mol. The van der Waals surface area contributed by atoms with Gasteiger partial charge in [-0.05, 0) is 18.9 Å². The summed E-state index contributed by atoms with van der Waals surface area (Å²) in [4.78, 5) is 0. The predicted molar refractivity (Wildman–Crippen MR) is 65.0 cm³/mol. The Balaban J connectivity index is 2.28. The molecule has 98 valence electrons. The van der Waals surface area contributed by atoms with E-state index in [0.717, 1.165) is 6.42 Å². The lowest BCUT2D eigenvalue weighted by Gasteiger charge is -2.09. The van der Waals surface area contributed by atoms with E-state index in [1.807, 2.05) is 6.92 Å². The molecule has 0 fully saturated rings. The zero-order valence-electron chi connectivity index (χ0n) is 9.93. The molecule has 1 aromatic rings. The molecule has 0 aliphatic heterocycles. The maximum atomic E-state index is 11.4. The van der Waals surface area contributed by atoms with Crippen LogP contribution in [0.25, 0.3) is 0 Å². The molecule has 17 heavy (non-hydrogen) atoms. The van der Waals surface area contributed by atoms with Crippen molar-refractivity contribution < 1.29 is 17.9 Å². The third-order valence-electron chi connectivity index (χ3n) is 2.43. The largest absolute Gasteiger partial charge is 0.472 e. The molecule has 0 aliphatic rings. The van der Waals surface area contributed by atoms with Gasteiger partial charge in [0.1, 0.15) is 0 Å². The van der Waals surface area contributed by atoms with Gasteiger partial charge < -0.3 is 9.52 Å². The number of hydrogen-bond donors (Lipinski definition) is 2. The lowest BCUT2D eigenvalue weighted by atomic mass is 10.1. The Morgan fingerprint density at radius 1 is 1.53 bits per heavy atom. The van der Waals surface area contributed by atoms with Gasteiger partial charge in [-0.2, -0.15) is 0 Å². The van der Waals surface area contributed by atoms with E-state index < -0.39 is 16.1 Å². The molecule has 1 atom stereocenters. The number of nitrogens with one attached hydrogen (secondary N) is 1. The Kier molecular flexibility index (Phi) is 5.67. The van der Waals surface area contributed by atoms with Gasteiger partial charge in [0.2, 0.25) is 10.0 Å². The number of unbranched alkanes of at least 4 members (excludes halogenated alkanes) is 1. The van der Waals surface area contributed by atoms with E-state index in [2.05, 4.69) is 4.72 Å². The molecule has 2 N–H and O–H groups in total. The van der Waals surface area contributed by atoms with Crippen LogP contribution in [0.5, 0.6) is 0 Å². The van der Waals surface area contributed by atoms with Crippen molar-refractivity contribution in [2.75, 3.05) is 12.3 Å². The van der Waals surface area contributed by atoms with Gasteiger partial charge in [-0.3, -0.25) is 0 Å². The number of hydrogen-bond acceptors (Lipinski definition) is 4. The van der Waals surface area contributed by atoms with Crippen LogP contribution in [0.3, 0.4) is 0 Å². The normalized spacial score (nSPS) is 13.8. The first-order valence-corrected chi connectivity index (χ1v) is 7.38. The van der Waals surface area contributed by atoms with Crippen LogP contribution < -0.4 is 4.72 Å². The van der Waals surface area contributed by atoms with Crippen LogP contribution in [0.2, 0.25) is 0 Å². The summed E-state index contributed by atoms with van der Waals surface area (Å²) in [6.45, 7) is 2.18. The first-order chi connectivity index (χ1) is 8.05. The van der Waals surface area contributed by atoms with Crippen molar-refractivity contribution in [2.24, 2.45) is 0 Å². The molecular formula is C11H19NO4S. The van der Waals surface area contributed by atoms with Gasteiger partial charge >= 0.3 is 0 Å². The molecule has 0 saturated carbocycles. The van der Waals surface area contributed by atoms with E-state index in [1.165, 1.54) is 12.5 Å². The summed E-state index contributed by atoms with van der Waals surface area (Å²) in [6.07, 6.45) is 4.08. The van der Waals surface area contributed by atoms with E-state index in [0.29, 0.717) is 18.4 Å². The maximum Gasteiger partial charge on any atom is 0.211 e. The molecule has 0 aromatic carbocycles. The van der Waals surface area contributed by atoms with E-state index in [4.69, 9.17) is 4.42 Å². The molecule has 0 saturated heterocycles. The van der Waals surface area contributed by atoms with Crippen LogP contribution in [-0.2, 0) is 10.0 Å². The second-order valence-electron chi connectivity index (χ2n) is 3.93. The highest BCUT2D eigenvalue weighted by Gasteiger charge is 2.12. The molecule has 0 aliphatic carbocycles. The Morgan fingerprint density at radius 2 is 2.29 bits per heavy atom. The minimum Gasteiger partial charge on any atom is -0.472 e. The average Bonchev–Trinajstić information content (AvgIpc) is 2.79. The number of aliphatic hydroxyl groups is 1. The van der Waals surface area contributed by atoms with Crippen LogP contribution in [0.15, 0.2) is 23.0 Å². The first kappa shape index (κ1) is 14.2. The fourth-order valence-electron chi connectivity index (χ4n) is 1.39. The first-order valence-electron chi connectivity index (χ1n) is 5.72. The highest BCUT2D eigenvalue weighted by molar-refractivity contribution is 7.89. The molecule has 1 rings (SSSR count). The fraction of sp³-hybridized carbons (Fsp3) is 0.636. The van der Waals surface area contributed by atoms with Crippen molar-refractivity contribution in [3.63, 3.8) is 0 Å². The Morgan fingerprint density at radius 3 is 2.88 bits per heavy atom. The van der Waals surface area contributed by atoms with E-state index >= 15 is 0 Å². The lowest BCUT2D eigenvalue weighted by molar-refractivity contribution is 0.168. The van der Waals surface area contributed by atoms with E-state index in [-0.39, 0.29) is 12.3 Å². The van der Waals surface area contributed by atoms with Crippen molar-refractivity contribution >= 4 is 10.0 Å². The number of furan rings is 1. The molecule has 0 bridgehead atoms. The van der Waals surface area contributed by atoms with Gasteiger partial charge in [0.15, 0.2) is 0 Å². The molecule has 1 unspecified atom stereocenters. The quantitative estimate of drug-likeness (QED) is 0.741. The van der Waals surface area contributed by atoms with Gasteiger partial charge in [-0.15, -0.1) is 0 Å². The van der Waals surface area contributed by atoms with Gasteiger partial charge in [0.25, 0.3) is 0 Å². The molecule has 0 spiro atoms.